The SMILES string of the molecule is CCOc1cc(/C=C2/SC(=Nc3ccc(C)cc3)NC2=O)cc(I)c1OC(C)C. The number of hydrogen-bond acceptors (Lipinski definition) is 5. The highest BCUT2D eigenvalue weighted by atomic mass is 127. The lowest BCUT2D eigenvalue weighted by molar-refractivity contribution is -0.115. The minimum Gasteiger partial charge on any atom is -0.490 e. The van der Waals surface area contributed by atoms with Crippen molar-refractivity contribution in [2.24, 2.45) is 4.99 Å². The van der Waals surface area contributed by atoms with Gasteiger partial charge in [0.1, 0.15) is 0 Å². The summed E-state index contributed by atoms with van der Waals surface area (Å²) in [5.74, 6) is 1.25. The van der Waals surface area contributed by atoms with Gasteiger partial charge in [-0.2, -0.15) is 0 Å². The number of amides is 1. The van der Waals surface area contributed by atoms with Gasteiger partial charge in [-0.15, -0.1) is 0 Å². The van der Waals surface area contributed by atoms with Gasteiger partial charge in [-0.25, -0.2) is 4.99 Å². The number of nitrogens with one attached hydrogen (secondary N) is 1. The van der Waals surface area contributed by atoms with Crippen LogP contribution >= 0.6 is 34.4 Å². The highest BCUT2D eigenvalue weighted by Gasteiger charge is 2.24. The number of carbonyl (C=O) groups is 1. The molecule has 3 rings (SSSR count). The Labute approximate surface area is 189 Å². The van der Waals surface area contributed by atoms with Crippen molar-refractivity contribution in [2.75, 3.05) is 6.61 Å². The van der Waals surface area contributed by atoms with E-state index >= 15 is 0 Å². The third-order valence-electron chi connectivity index (χ3n) is 3.90. The van der Waals surface area contributed by atoms with Gasteiger partial charge in [-0.3, -0.25) is 4.79 Å². The molecule has 1 aliphatic rings. The molecular weight excluding hydrogens is 499 g/mol. The van der Waals surface area contributed by atoms with E-state index in [0.29, 0.717) is 22.4 Å². The Balaban J connectivity index is 1.87. The van der Waals surface area contributed by atoms with E-state index in [9.17, 15) is 4.79 Å². The van der Waals surface area contributed by atoms with Crippen LogP contribution in [0, 0.1) is 10.5 Å². The number of amidine groups is 1. The van der Waals surface area contributed by atoms with Crippen LogP contribution in [-0.4, -0.2) is 23.8 Å². The summed E-state index contributed by atoms with van der Waals surface area (Å²) in [6.07, 6.45) is 1.89. The molecule has 0 radical (unpaired) electrons. The summed E-state index contributed by atoms with van der Waals surface area (Å²) in [6, 6.07) is 11.7. The summed E-state index contributed by atoms with van der Waals surface area (Å²) in [4.78, 5) is 17.5. The van der Waals surface area contributed by atoms with Crippen molar-refractivity contribution in [3.05, 3.63) is 56.0 Å². The third-order valence-corrected chi connectivity index (χ3v) is 5.61. The van der Waals surface area contributed by atoms with Crippen LogP contribution in [0.1, 0.15) is 31.9 Å². The van der Waals surface area contributed by atoms with Crippen molar-refractivity contribution in [1.82, 2.24) is 5.32 Å². The number of rotatable bonds is 6. The summed E-state index contributed by atoms with van der Waals surface area (Å²) >= 11 is 3.56. The number of carbonyl (C=O) groups excluding carboxylic acids is 1. The first kappa shape index (κ1) is 21.7. The van der Waals surface area contributed by atoms with E-state index in [1.54, 1.807) is 0 Å². The lowest BCUT2D eigenvalue weighted by Crippen LogP contribution is -2.19. The lowest BCUT2D eigenvalue weighted by Gasteiger charge is -2.17. The lowest BCUT2D eigenvalue weighted by atomic mass is 10.2. The molecule has 0 bridgehead atoms. The first-order valence-corrected chi connectivity index (χ1v) is 11.2. The zero-order valence-corrected chi connectivity index (χ0v) is 19.8. The van der Waals surface area contributed by atoms with Crippen LogP contribution in [-0.2, 0) is 4.79 Å². The maximum absolute atomic E-state index is 12.4. The van der Waals surface area contributed by atoms with Crippen LogP contribution in [0.3, 0.4) is 0 Å². The topological polar surface area (TPSA) is 59.9 Å². The Morgan fingerprint density at radius 1 is 1.24 bits per heavy atom. The number of halogens is 1. The molecule has 29 heavy (non-hydrogen) atoms. The molecule has 0 aliphatic carbocycles. The smallest absolute Gasteiger partial charge is 0.264 e. The summed E-state index contributed by atoms with van der Waals surface area (Å²) < 4.78 is 12.6. The van der Waals surface area contributed by atoms with Crippen molar-refractivity contribution in [2.45, 2.75) is 33.8 Å². The van der Waals surface area contributed by atoms with Gasteiger partial charge in [-0.05, 0) is 98.0 Å². The van der Waals surface area contributed by atoms with Crippen LogP contribution in [0.5, 0.6) is 11.5 Å². The van der Waals surface area contributed by atoms with E-state index in [4.69, 9.17) is 9.47 Å². The second-order valence-electron chi connectivity index (χ2n) is 6.75. The van der Waals surface area contributed by atoms with Crippen molar-refractivity contribution in [3.8, 4) is 11.5 Å². The fourth-order valence-corrected chi connectivity index (χ4v) is 4.25. The van der Waals surface area contributed by atoms with E-state index in [0.717, 1.165) is 20.6 Å². The molecule has 1 fully saturated rings. The van der Waals surface area contributed by atoms with Gasteiger partial charge in [0.15, 0.2) is 16.7 Å². The number of ether oxygens (including phenoxy) is 2. The fraction of sp³-hybridized carbons (Fsp3) is 0.273. The second kappa shape index (κ2) is 9.67. The van der Waals surface area contributed by atoms with E-state index in [1.165, 1.54) is 17.3 Å². The van der Waals surface area contributed by atoms with Crippen molar-refractivity contribution >= 4 is 57.2 Å². The van der Waals surface area contributed by atoms with Gasteiger partial charge in [-0.1, -0.05) is 17.7 Å². The molecule has 0 aromatic heterocycles. The average molecular weight is 522 g/mol. The van der Waals surface area contributed by atoms with E-state index in [1.807, 2.05) is 70.2 Å². The summed E-state index contributed by atoms with van der Waals surface area (Å²) in [7, 11) is 0. The molecule has 0 atom stereocenters. The molecule has 152 valence electrons. The van der Waals surface area contributed by atoms with E-state index < -0.39 is 0 Å². The second-order valence-corrected chi connectivity index (χ2v) is 8.94. The summed E-state index contributed by atoms with van der Waals surface area (Å²) in [5, 5.41) is 3.40. The Morgan fingerprint density at radius 3 is 2.62 bits per heavy atom. The highest BCUT2D eigenvalue weighted by Crippen LogP contribution is 2.37. The van der Waals surface area contributed by atoms with Crippen LogP contribution in [0.4, 0.5) is 5.69 Å². The minimum atomic E-state index is -0.156. The predicted octanol–water partition coefficient (Wildman–Crippen LogP) is 5.68. The molecule has 1 saturated heterocycles. The predicted molar refractivity (Wildman–Crippen MR) is 128 cm³/mol. The number of thioether (sulfide) groups is 1. The molecule has 5 nitrogen and oxygen atoms in total. The Morgan fingerprint density at radius 2 is 1.97 bits per heavy atom. The molecule has 0 saturated carbocycles. The zero-order chi connectivity index (χ0) is 21.0. The monoisotopic (exact) mass is 522 g/mol. The number of benzene rings is 2. The first-order chi connectivity index (χ1) is 13.9. The van der Waals surface area contributed by atoms with Crippen molar-refractivity contribution < 1.29 is 14.3 Å². The Hall–Kier alpha value is -2.00. The molecular formula is C22H23IN2O3S. The molecule has 1 aliphatic heterocycles. The number of aryl methyl sites for hydroxylation is 1. The maximum Gasteiger partial charge on any atom is 0.264 e. The molecule has 0 spiro atoms. The fourth-order valence-electron chi connectivity index (χ4n) is 2.65. The number of hydrogen-bond donors (Lipinski definition) is 1. The normalized spacial score (nSPS) is 16.6. The molecule has 0 unspecified atom stereocenters. The molecule has 2 aromatic rings. The molecule has 7 heteroatoms. The van der Waals surface area contributed by atoms with Crippen LogP contribution in [0.2, 0.25) is 0 Å². The van der Waals surface area contributed by atoms with Crippen molar-refractivity contribution in [3.63, 3.8) is 0 Å². The summed E-state index contributed by atoms with van der Waals surface area (Å²) in [5.41, 5.74) is 2.86. The Kier molecular flexibility index (Phi) is 7.23. The maximum atomic E-state index is 12.4. The number of nitrogens with zero attached hydrogens (tertiary/aromatic N) is 1. The quantitative estimate of drug-likeness (QED) is 0.392. The Bertz CT molecular complexity index is 969. The van der Waals surface area contributed by atoms with Gasteiger partial charge >= 0.3 is 0 Å². The molecule has 1 amide bonds. The molecule has 2 aromatic carbocycles. The van der Waals surface area contributed by atoms with Crippen LogP contribution < -0.4 is 14.8 Å². The average Bonchev–Trinajstić information content (AvgIpc) is 2.99. The number of aliphatic imine (C=N–C) groups is 1. The zero-order valence-electron chi connectivity index (χ0n) is 16.8. The van der Waals surface area contributed by atoms with Crippen LogP contribution in [0.15, 0.2) is 46.3 Å². The van der Waals surface area contributed by atoms with Gasteiger partial charge in [0.05, 0.1) is 26.9 Å². The highest BCUT2D eigenvalue weighted by molar-refractivity contribution is 14.1. The van der Waals surface area contributed by atoms with Crippen LogP contribution in [0.25, 0.3) is 6.08 Å². The standard InChI is InChI=1S/C22H23IN2O3S/c1-5-27-18-11-15(10-17(23)20(18)28-13(2)3)12-19-21(26)25-22(29-19)24-16-8-6-14(4)7-9-16/h6-13H,5H2,1-4H3,(H,24,25,26)/b19-12+. The van der Waals surface area contributed by atoms with Crippen molar-refractivity contribution in [1.29, 1.82) is 0 Å². The van der Waals surface area contributed by atoms with Gasteiger partial charge < -0.3 is 14.8 Å². The minimum absolute atomic E-state index is 0.0450. The summed E-state index contributed by atoms with van der Waals surface area (Å²) in [6.45, 7) is 8.46. The van der Waals surface area contributed by atoms with E-state index in [-0.39, 0.29) is 12.0 Å². The third kappa shape index (κ3) is 5.76. The van der Waals surface area contributed by atoms with E-state index in [2.05, 4.69) is 32.9 Å². The molecule has 1 heterocycles. The van der Waals surface area contributed by atoms with Gasteiger partial charge in [0.2, 0.25) is 0 Å². The first-order valence-electron chi connectivity index (χ1n) is 9.35. The molecule has 1 N–H and O–H groups in total. The largest absolute Gasteiger partial charge is 0.490 e. The van der Waals surface area contributed by atoms with Gasteiger partial charge in [0.25, 0.3) is 5.91 Å². The van der Waals surface area contributed by atoms with Gasteiger partial charge in [0, 0.05) is 0 Å².